The zero-order valence-electron chi connectivity index (χ0n) is 10.3. The second-order valence-electron chi connectivity index (χ2n) is 4.01. The van der Waals surface area contributed by atoms with Crippen molar-refractivity contribution in [3.05, 3.63) is 63.7 Å². The van der Waals surface area contributed by atoms with Crippen molar-refractivity contribution >= 4 is 17.3 Å². The second-order valence-corrected chi connectivity index (χ2v) is 4.01. The summed E-state index contributed by atoms with van der Waals surface area (Å²) in [7, 11) is 0. The SMILES string of the molecule is O=C(Nc1c(O)cccc1[N+](=O)[O-])c1cc(F)ccc1F. The van der Waals surface area contributed by atoms with E-state index in [1.807, 2.05) is 5.32 Å². The van der Waals surface area contributed by atoms with E-state index in [1.54, 1.807) is 0 Å². The van der Waals surface area contributed by atoms with E-state index in [0.717, 1.165) is 24.3 Å². The van der Waals surface area contributed by atoms with E-state index in [-0.39, 0.29) is 0 Å². The summed E-state index contributed by atoms with van der Waals surface area (Å²) in [6, 6.07) is 5.61. The largest absolute Gasteiger partial charge is 0.505 e. The number of carbonyl (C=O) groups is 1. The Morgan fingerprint density at radius 1 is 1.24 bits per heavy atom. The van der Waals surface area contributed by atoms with Crippen LogP contribution in [-0.4, -0.2) is 15.9 Å². The molecule has 0 bridgehead atoms. The van der Waals surface area contributed by atoms with Crippen molar-refractivity contribution in [2.75, 3.05) is 5.32 Å². The molecule has 0 aliphatic carbocycles. The molecule has 0 spiro atoms. The molecule has 0 aromatic heterocycles. The van der Waals surface area contributed by atoms with Gasteiger partial charge in [-0.1, -0.05) is 6.07 Å². The molecule has 8 heteroatoms. The molecule has 108 valence electrons. The van der Waals surface area contributed by atoms with Crippen LogP contribution in [0.2, 0.25) is 0 Å². The highest BCUT2D eigenvalue weighted by molar-refractivity contribution is 6.06. The van der Waals surface area contributed by atoms with Crippen LogP contribution in [0.1, 0.15) is 10.4 Å². The van der Waals surface area contributed by atoms with Crippen LogP contribution in [-0.2, 0) is 0 Å². The summed E-state index contributed by atoms with van der Waals surface area (Å²) in [5.41, 5.74) is -1.69. The molecule has 0 heterocycles. The number of carbonyl (C=O) groups excluding carboxylic acids is 1. The number of halogens is 2. The van der Waals surface area contributed by atoms with Crippen LogP contribution >= 0.6 is 0 Å². The van der Waals surface area contributed by atoms with Crippen LogP contribution in [0.4, 0.5) is 20.2 Å². The highest BCUT2D eigenvalue weighted by atomic mass is 19.1. The molecule has 0 atom stereocenters. The maximum atomic E-state index is 13.5. The average molecular weight is 294 g/mol. The lowest BCUT2D eigenvalue weighted by atomic mass is 10.1. The number of amides is 1. The molecule has 0 unspecified atom stereocenters. The van der Waals surface area contributed by atoms with Gasteiger partial charge < -0.3 is 10.4 Å². The van der Waals surface area contributed by atoms with E-state index in [4.69, 9.17) is 0 Å². The Morgan fingerprint density at radius 2 is 1.95 bits per heavy atom. The lowest BCUT2D eigenvalue weighted by molar-refractivity contribution is -0.384. The van der Waals surface area contributed by atoms with Gasteiger partial charge in [0, 0.05) is 6.07 Å². The predicted molar refractivity (Wildman–Crippen MR) is 69.1 cm³/mol. The van der Waals surface area contributed by atoms with Gasteiger partial charge >= 0.3 is 0 Å². The normalized spacial score (nSPS) is 10.2. The number of anilines is 1. The highest BCUT2D eigenvalue weighted by Gasteiger charge is 2.21. The summed E-state index contributed by atoms with van der Waals surface area (Å²) in [5.74, 6) is -3.51. The number of phenols is 1. The minimum atomic E-state index is -1.11. The van der Waals surface area contributed by atoms with Gasteiger partial charge in [-0.2, -0.15) is 0 Å². The van der Waals surface area contributed by atoms with E-state index in [2.05, 4.69) is 0 Å². The zero-order chi connectivity index (χ0) is 15.6. The summed E-state index contributed by atoms with van der Waals surface area (Å²) >= 11 is 0. The number of benzene rings is 2. The average Bonchev–Trinajstić information content (AvgIpc) is 2.43. The number of nitro benzene ring substituents is 1. The number of hydrogen-bond donors (Lipinski definition) is 2. The third-order valence-corrected chi connectivity index (χ3v) is 2.63. The molecule has 6 nitrogen and oxygen atoms in total. The Hall–Kier alpha value is -3.03. The fraction of sp³-hybridized carbons (Fsp3) is 0. The number of aromatic hydroxyl groups is 1. The molecule has 0 aliphatic heterocycles. The van der Waals surface area contributed by atoms with E-state index >= 15 is 0 Å². The first kappa shape index (κ1) is 14.4. The molecule has 0 aliphatic rings. The van der Waals surface area contributed by atoms with Crippen molar-refractivity contribution in [1.29, 1.82) is 0 Å². The van der Waals surface area contributed by atoms with Gasteiger partial charge in [-0.15, -0.1) is 0 Å². The Kier molecular flexibility index (Phi) is 3.79. The third kappa shape index (κ3) is 2.94. The Labute approximate surface area is 116 Å². The number of hydrogen-bond acceptors (Lipinski definition) is 4. The summed E-state index contributed by atoms with van der Waals surface area (Å²) in [6.45, 7) is 0. The molecule has 0 fully saturated rings. The number of phenolic OH excluding ortho intramolecular Hbond substituents is 1. The Morgan fingerprint density at radius 3 is 2.62 bits per heavy atom. The maximum Gasteiger partial charge on any atom is 0.296 e. The maximum absolute atomic E-state index is 13.5. The summed E-state index contributed by atoms with van der Waals surface area (Å²) in [4.78, 5) is 21.9. The lowest BCUT2D eigenvalue weighted by Crippen LogP contribution is -2.15. The molecular weight excluding hydrogens is 286 g/mol. The first-order chi connectivity index (χ1) is 9.90. The molecule has 2 rings (SSSR count). The standard InChI is InChI=1S/C13H8F2N2O4/c14-7-4-5-9(15)8(6-7)13(19)16-12-10(17(20)21)2-1-3-11(12)18/h1-6,18H,(H,16,19). The van der Waals surface area contributed by atoms with E-state index in [9.17, 15) is 28.8 Å². The van der Waals surface area contributed by atoms with Gasteiger partial charge in [0.25, 0.3) is 11.6 Å². The van der Waals surface area contributed by atoms with Crippen molar-refractivity contribution < 1.29 is 23.6 Å². The molecule has 0 saturated heterocycles. The van der Waals surface area contributed by atoms with Crippen LogP contribution in [0.25, 0.3) is 0 Å². The minimum Gasteiger partial charge on any atom is -0.505 e. The smallest absolute Gasteiger partial charge is 0.296 e. The van der Waals surface area contributed by atoms with Crippen LogP contribution < -0.4 is 5.32 Å². The van der Waals surface area contributed by atoms with Crippen LogP contribution in [0.15, 0.2) is 36.4 Å². The molecule has 0 saturated carbocycles. The van der Waals surface area contributed by atoms with Gasteiger partial charge in [0.05, 0.1) is 10.5 Å². The van der Waals surface area contributed by atoms with Crippen molar-refractivity contribution in [2.24, 2.45) is 0 Å². The molecule has 1 amide bonds. The highest BCUT2D eigenvalue weighted by Crippen LogP contribution is 2.33. The van der Waals surface area contributed by atoms with Gasteiger partial charge in [-0.05, 0) is 24.3 Å². The van der Waals surface area contributed by atoms with Crippen LogP contribution in [0.5, 0.6) is 5.75 Å². The van der Waals surface area contributed by atoms with Crippen molar-refractivity contribution in [3.63, 3.8) is 0 Å². The summed E-state index contributed by atoms with van der Waals surface area (Å²) in [5, 5.41) is 22.4. The van der Waals surface area contributed by atoms with Gasteiger partial charge in [-0.25, -0.2) is 8.78 Å². The topological polar surface area (TPSA) is 92.5 Å². The second kappa shape index (κ2) is 5.53. The molecule has 2 N–H and O–H groups in total. The van der Waals surface area contributed by atoms with Crippen molar-refractivity contribution in [2.45, 2.75) is 0 Å². The van der Waals surface area contributed by atoms with Crippen molar-refractivity contribution in [1.82, 2.24) is 0 Å². The van der Waals surface area contributed by atoms with E-state index < -0.39 is 45.2 Å². The fourth-order valence-corrected chi connectivity index (χ4v) is 1.66. The first-order valence-electron chi connectivity index (χ1n) is 5.63. The predicted octanol–water partition coefficient (Wildman–Crippen LogP) is 2.83. The van der Waals surface area contributed by atoms with Crippen LogP contribution in [0.3, 0.4) is 0 Å². The first-order valence-corrected chi connectivity index (χ1v) is 5.63. The molecule has 2 aromatic rings. The van der Waals surface area contributed by atoms with E-state index in [0.29, 0.717) is 6.07 Å². The quantitative estimate of drug-likeness (QED) is 0.517. The fourth-order valence-electron chi connectivity index (χ4n) is 1.66. The number of nitrogens with one attached hydrogen (secondary N) is 1. The number of para-hydroxylation sites is 1. The zero-order valence-corrected chi connectivity index (χ0v) is 10.3. The monoisotopic (exact) mass is 294 g/mol. The molecule has 2 aromatic carbocycles. The third-order valence-electron chi connectivity index (χ3n) is 2.63. The van der Waals surface area contributed by atoms with Crippen LogP contribution in [0, 0.1) is 21.7 Å². The van der Waals surface area contributed by atoms with E-state index in [1.165, 1.54) is 6.07 Å². The van der Waals surface area contributed by atoms with Crippen molar-refractivity contribution in [3.8, 4) is 5.75 Å². The summed E-state index contributed by atoms with van der Waals surface area (Å²) < 4.78 is 26.5. The van der Waals surface area contributed by atoms with Gasteiger partial charge in [0.15, 0.2) is 5.69 Å². The van der Waals surface area contributed by atoms with Gasteiger partial charge in [-0.3, -0.25) is 14.9 Å². The minimum absolute atomic E-state index is 0.490. The molecule has 0 radical (unpaired) electrons. The summed E-state index contributed by atoms with van der Waals surface area (Å²) in [6.07, 6.45) is 0. The van der Waals surface area contributed by atoms with Gasteiger partial charge in [0.1, 0.15) is 17.4 Å². The molecule has 21 heavy (non-hydrogen) atoms. The lowest BCUT2D eigenvalue weighted by Gasteiger charge is -2.08. The Balaban J connectivity index is 2.41. The number of nitrogens with zero attached hydrogens (tertiary/aromatic N) is 1. The Bertz CT molecular complexity index is 734. The molecular formula is C13H8F2N2O4. The number of rotatable bonds is 3. The van der Waals surface area contributed by atoms with Gasteiger partial charge in [0.2, 0.25) is 0 Å². The number of nitro groups is 1.